The molecule has 0 unspecified atom stereocenters. The van der Waals surface area contributed by atoms with Crippen LogP contribution in [0, 0.1) is 0 Å². The standard InChI is InChI=1S/C40H25N5O5S3/c1-22-33(35(46)42-24-12-6-3-7-13-24)34(23-10-4-2-5-11-23)45-38(49)31(51-39(45)41-22)21-26-17-19-32(50-26)53-40-43-29-18-16-25(20-30(29)52-40)44-36(47)27-14-8-9-15-28(27)37(44)48/h2-21,34H,1H3,(H,42,46)/b31-21-/t34-/m1/s1. The lowest BCUT2D eigenvalue weighted by atomic mass is 9.95. The summed E-state index contributed by atoms with van der Waals surface area (Å²) in [6.07, 6.45) is 1.69. The van der Waals surface area contributed by atoms with Crippen molar-refractivity contribution in [1.82, 2.24) is 9.55 Å². The maximum atomic E-state index is 14.1. The number of benzene rings is 4. The van der Waals surface area contributed by atoms with E-state index in [0.717, 1.165) is 15.8 Å². The summed E-state index contributed by atoms with van der Waals surface area (Å²) in [7, 11) is 0. The third-order valence-corrected chi connectivity index (χ3v) is 11.9. The number of allylic oxidation sites excluding steroid dienone is 1. The first-order valence-corrected chi connectivity index (χ1v) is 18.9. The quantitative estimate of drug-likeness (QED) is 0.173. The van der Waals surface area contributed by atoms with Gasteiger partial charge in [-0.1, -0.05) is 72.0 Å². The first-order chi connectivity index (χ1) is 25.8. The molecule has 0 aliphatic carbocycles. The van der Waals surface area contributed by atoms with Crippen LogP contribution < -0.4 is 25.1 Å². The van der Waals surface area contributed by atoms with Gasteiger partial charge in [0.25, 0.3) is 23.3 Å². The molecule has 0 spiro atoms. The Morgan fingerprint density at radius 2 is 1.55 bits per heavy atom. The second kappa shape index (κ2) is 13.1. The smallest absolute Gasteiger partial charge is 0.271 e. The van der Waals surface area contributed by atoms with Crippen molar-refractivity contribution in [3.8, 4) is 0 Å². The van der Waals surface area contributed by atoms with E-state index in [-0.39, 0.29) is 23.3 Å². The summed E-state index contributed by atoms with van der Waals surface area (Å²) < 4.78 is 9.64. The topological polar surface area (TPSA) is 127 Å². The number of imide groups is 1. The molecule has 4 aromatic carbocycles. The van der Waals surface area contributed by atoms with Crippen LogP contribution in [0.15, 0.2) is 150 Å². The summed E-state index contributed by atoms with van der Waals surface area (Å²) in [5, 5.41) is 3.54. The van der Waals surface area contributed by atoms with E-state index in [0.29, 0.717) is 58.3 Å². The summed E-state index contributed by atoms with van der Waals surface area (Å²) >= 11 is 3.98. The molecule has 0 fully saturated rings. The Morgan fingerprint density at radius 3 is 2.28 bits per heavy atom. The third kappa shape index (κ3) is 5.84. The van der Waals surface area contributed by atoms with Crippen LogP contribution in [0.2, 0.25) is 0 Å². The molecule has 0 radical (unpaired) electrons. The molecule has 1 N–H and O–H groups in total. The maximum Gasteiger partial charge on any atom is 0.271 e. The van der Waals surface area contributed by atoms with E-state index in [2.05, 4.69) is 5.32 Å². The SMILES string of the molecule is CC1=C(C(=O)Nc2ccccc2)[C@@H](c2ccccc2)n2c(s/c(=C\c3ccc(Sc4nc5ccc(N6C(=O)c7ccccc7C6=O)cc5s4)o3)c2=O)=N1. The Bertz CT molecular complexity index is 2820. The molecule has 7 aromatic rings. The fourth-order valence-electron chi connectivity index (χ4n) is 6.46. The molecule has 0 bridgehead atoms. The van der Waals surface area contributed by atoms with E-state index in [1.54, 1.807) is 66.1 Å². The number of hydrogen-bond donors (Lipinski definition) is 1. The fraction of sp³-hybridized carbons (Fsp3) is 0.0500. The fourth-order valence-corrected chi connectivity index (χ4v) is 9.49. The molecule has 3 aromatic heterocycles. The van der Waals surface area contributed by atoms with Gasteiger partial charge in [-0.3, -0.25) is 23.7 Å². The molecule has 10 nitrogen and oxygen atoms in total. The summed E-state index contributed by atoms with van der Waals surface area (Å²) in [5.74, 6) is -0.553. The minimum absolute atomic E-state index is 0.286. The van der Waals surface area contributed by atoms with Gasteiger partial charge in [0.1, 0.15) is 5.76 Å². The zero-order valence-electron chi connectivity index (χ0n) is 27.7. The number of carbonyl (C=O) groups excluding carboxylic acids is 3. The molecule has 258 valence electrons. The van der Waals surface area contributed by atoms with Crippen LogP contribution in [0.3, 0.4) is 0 Å². The van der Waals surface area contributed by atoms with Crippen molar-refractivity contribution in [2.75, 3.05) is 10.2 Å². The van der Waals surface area contributed by atoms with Crippen molar-refractivity contribution in [1.29, 1.82) is 0 Å². The van der Waals surface area contributed by atoms with E-state index in [9.17, 15) is 19.2 Å². The van der Waals surface area contributed by atoms with Crippen LogP contribution in [-0.4, -0.2) is 27.3 Å². The van der Waals surface area contributed by atoms with Gasteiger partial charge in [-0.05, 0) is 78.8 Å². The van der Waals surface area contributed by atoms with Crippen LogP contribution in [0.25, 0.3) is 16.3 Å². The van der Waals surface area contributed by atoms with Crippen LogP contribution in [0.5, 0.6) is 0 Å². The highest BCUT2D eigenvalue weighted by atomic mass is 32.2. The summed E-state index contributed by atoms with van der Waals surface area (Å²) in [6.45, 7) is 1.79. The lowest BCUT2D eigenvalue weighted by Crippen LogP contribution is -2.40. The number of aromatic nitrogens is 2. The molecule has 2 aliphatic rings. The number of fused-ring (bicyclic) bond motifs is 3. The predicted octanol–water partition coefficient (Wildman–Crippen LogP) is 7.03. The largest absolute Gasteiger partial charge is 0.450 e. The number of nitrogens with zero attached hydrogens (tertiary/aromatic N) is 4. The van der Waals surface area contributed by atoms with Crippen molar-refractivity contribution in [2.45, 2.75) is 22.4 Å². The Hall–Kier alpha value is -6.15. The van der Waals surface area contributed by atoms with Gasteiger partial charge in [0.15, 0.2) is 14.2 Å². The highest BCUT2D eigenvalue weighted by Gasteiger charge is 2.36. The summed E-state index contributed by atoms with van der Waals surface area (Å²) in [5.41, 5.74) is 4.06. The van der Waals surface area contributed by atoms with E-state index >= 15 is 0 Å². The lowest BCUT2D eigenvalue weighted by molar-refractivity contribution is -0.113. The van der Waals surface area contributed by atoms with Crippen molar-refractivity contribution in [3.05, 3.63) is 169 Å². The maximum absolute atomic E-state index is 14.1. The monoisotopic (exact) mass is 751 g/mol. The predicted molar refractivity (Wildman–Crippen MR) is 205 cm³/mol. The van der Waals surface area contributed by atoms with Gasteiger partial charge in [0, 0.05) is 11.8 Å². The van der Waals surface area contributed by atoms with E-state index in [1.807, 2.05) is 66.7 Å². The number of rotatable bonds is 7. The molecular weight excluding hydrogens is 727 g/mol. The van der Waals surface area contributed by atoms with Crippen LogP contribution in [0.1, 0.15) is 45.0 Å². The molecule has 0 saturated heterocycles. The average Bonchev–Trinajstić information content (AvgIpc) is 3.92. The van der Waals surface area contributed by atoms with Crippen LogP contribution in [-0.2, 0) is 4.79 Å². The van der Waals surface area contributed by atoms with Crippen molar-refractivity contribution < 1.29 is 18.8 Å². The molecular formula is C40H25N5O5S3. The molecule has 13 heteroatoms. The van der Waals surface area contributed by atoms with Crippen LogP contribution >= 0.6 is 34.4 Å². The highest BCUT2D eigenvalue weighted by molar-refractivity contribution is 8.01. The number of para-hydroxylation sites is 1. The minimum Gasteiger partial charge on any atom is -0.450 e. The third-order valence-electron chi connectivity index (χ3n) is 8.88. The number of carbonyl (C=O) groups is 3. The number of anilines is 2. The Kier molecular flexibility index (Phi) is 8.10. The Morgan fingerprint density at radius 1 is 0.849 bits per heavy atom. The summed E-state index contributed by atoms with van der Waals surface area (Å²) in [4.78, 5) is 65.0. The molecule has 0 saturated carbocycles. The first kappa shape index (κ1) is 32.7. The van der Waals surface area contributed by atoms with Gasteiger partial charge in [0.2, 0.25) is 0 Å². The molecule has 9 rings (SSSR count). The normalized spacial score (nSPS) is 15.5. The molecule has 53 heavy (non-hydrogen) atoms. The van der Waals surface area contributed by atoms with E-state index in [1.165, 1.54) is 39.3 Å². The van der Waals surface area contributed by atoms with Gasteiger partial charge >= 0.3 is 0 Å². The van der Waals surface area contributed by atoms with Gasteiger partial charge < -0.3 is 9.73 Å². The molecule has 3 amide bonds. The van der Waals surface area contributed by atoms with Crippen molar-refractivity contribution >= 4 is 79.8 Å². The number of nitrogens with one attached hydrogen (secondary N) is 1. The lowest BCUT2D eigenvalue weighted by Gasteiger charge is -2.25. The second-order valence-electron chi connectivity index (χ2n) is 12.2. The van der Waals surface area contributed by atoms with Crippen molar-refractivity contribution in [3.63, 3.8) is 0 Å². The Balaban J connectivity index is 0.995. The van der Waals surface area contributed by atoms with E-state index in [4.69, 9.17) is 14.4 Å². The van der Waals surface area contributed by atoms with E-state index < -0.39 is 6.04 Å². The number of thiazole rings is 2. The number of furan rings is 1. The zero-order chi connectivity index (χ0) is 36.2. The zero-order valence-corrected chi connectivity index (χ0v) is 30.1. The van der Waals surface area contributed by atoms with Crippen LogP contribution in [0.4, 0.5) is 11.4 Å². The molecule has 2 aliphatic heterocycles. The average molecular weight is 752 g/mol. The molecule has 5 heterocycles. The van der Waals surface area contributed by atoms with Gasteiger partial charge in [0.05, 0.1) is 48.9 Å². The minimum atomic E-state index is -0.683. The van der Waals surface area contributed by atoms with Gasteiger partial charge in [-0.15, -0.1) is 11.3 Å². The first-order valence-electron chi connectivity index (χ1n) is 16.4. The molecule has 1 atom stereocenters. The number of hydrogen-bond acceptors (Lipinski definition) is 10. The second-order valence-corrected chi connectivity index (χ2v) is 15.5. The summed E-state index contributed by atoms with van der Waals surface area (Å²) in [6, 6.07) is 33.7. The van der Waals surface area contributed by atoms with Gasteiger partial charge in [-0.25, -0.2) is 14.9 Å². The van der Waals surface area contributed by atoms with Crippen molar-refractivity contribution in [2.24, 2.45) is 4.99 Å². The highest BCUT2D eigenvalue weighted by Crippen LogP contribution is 2.38. The number of amides is 3. The Labute approximate surface area is 313 Å². The van der Waals surface area contributed by atoms with Gasteiger partial charge in [-0.2, -0.15) is 0 Å².